The Kier molecular flexibility index (Phi) is 3.35. The number of aryl methyl sites for hydroxylation is 1. The summed E-state index contributed by atoms with van der Waals surface area (Å²) in [6.07, 6.45) is 0. The molecule has 0 aliphatic rings. The number of nitrogens with zero attached hydrogens (tertiary/aromatic N) is 1. The third-order valence-corrected chi connectivity index (χ3v) is 2.33. The third-order valence-electron chi connectivity index (χ3n) is 2.33. The minimum absolute atomic E-state index is 0.577. The quantitative estimate of drug-likeness (QED) is 0.685. The monoisotopic (exact) mass is 177 g/mol. The minimum Gasteiger partial charge on any atom is -0.369 e. The van der Waals surface area contributed by atoms with Crippen LogP contribution in [0.25, 0.3) is 0 Å². The molecule has 0 saturated heterocycles. The molecule has 0 amide bonds. The lowest BCUT2D eigenvalue weighted by molar-refractivity contribution is 0.704. The molecule has 1 heteroatoms. The van der Waals surface area contributed by atoms with Crippen LogP contribution in [0.1, 0.15) is 26.3 Å². The summed E-state index contributed by atoms with van der Waals surface area (Å²) in [5.41, 5.74) is 2.65. The molecule has 0 unspecified atom stereocenters. The van der Waals surface area contributed by atoms with E-state index in [1.165, 1.54) is 11.3 Å². The summed E-state index contributed by atoms with van der Waals surface area (Å²) in [4.78, 5) is 2.39. The molecule has 0 bridgehead atoms. The molecule has 0 N–H and O–H groups in total. The van der Waals surface area contributed by atoms with Crippen molar-refractivity contribution in [2.24, 2.45) is 0 Å². The molecule has 1 rings (SSSR count). The normalized spacial score (nSPS) is 10.5. The second-order valence-corrected chi connectivity index (χ2v) is 3.72. The second kappa shape index (κ2) is 4.31. The fraction of sp³-hybridized carbons (Fsp3) is 0.500. The molecule has 0 aliphatic carbocycles. The van der Waals surface area contributed by atoms with E-state index in [9.17, 15) is 0 Å². The predicted octanol–water partition coefficient (Wildman–Crippen LogP) is 3.23. The van der Waals surface area contributed by atoms with Gasteiger partial charge in [-0.2, -0.15) is 0 Å². The highest BCUT2D eigenvalue weighted by atomic mass is 15.1. The third kappa shape index (κ3) is 2.48. The van der Waals surface area contributed by atoms with Gasteiger partial charge in [0, 0.05) is 18.3 Å². The van der Waals surface area contributed by atoms with Gasteiger partial charge in [0.2, 0.25) is 0 Å². The fourth-order valence-electron chi connectivity index (χ4n) is 1.58. The van der Waals surface area contributed by atoms with E-state index in [1.807, 2.05) is 0 Å². The summed E-state index contributed by atoms with van der Waals surface area (Å²) in [6, 6.07) is 9.30. The summed E-state index contributed by atoms with van der Waals surface area (Å²) in [7, 11) is 0. The number of anilines is 1. The van der Waals surface area contributed by atoms with Gasteiger partial charge < -0.3 is 4.90 Å². The molecule has 0 aromatic heterocycles. The van der Waals surface area contributed by atoms with E-state index in [1.54, 1.807) is 0 Å². The maximum Gasteiger partial charge on any atom is 0.0368 e. The number of benzene rings is 1. The van der Waals surface area contributed by atoms with Crippen molar-refractivity contribution in [3.8, 4) is 0 Å². The van der Waals surface area contributed by atoms with E-state index < -0.39 is 0 Å². The Bertz CT molecular complexity index is 248. The molecule has 0 heterocycles. The highest BCUT2D eigenvalue weighted by molar-refractivity contribution is 5.47. The first-order valence-electron chi connectivity index (χ1n) is 4.98. The van der Waals surface area contributed by atoms with Gasteiger partial charge in [-0.25, -0.2) is 0 Å². The van der Waals surface area contributed by atoms with Crippen LogP contribution in [-0.4, -0.2) is 12.6 Å². The van der Waals surface area contributed by atoms with Crippen LogP contribution < -0.4 is 4.90 Å². The summed E-state index contributed by atoms with van der Waals surface area (Å²) in [6.45, 7) is 9.84. The lowest BCUT2D eigenvalue weighted by Crippen LogP contribution is -2.30. The molecule has 72 valence electrons. The molecule has 0 spiro atoms. The van der Waals surface area contributed by atoms with Crippen molar-refractivity contribution in [2.75, 3.05) is 11.4 Å². The number of hydrogen-bond donors (Lipinski definition) is 0. The molecule has 0 atom stereocenters. The predicted molar refractivity (Wildman–Crippen MR) is 59.3 cm³/mol. The minimum atomic E-state index is 0.577. The maximum absolute atomic E-state index is 2.39. The van der Waals surface area contributed by atoms with Crippen LogP contribution in [0.3, 0.4) is 0 Å². The Balaban J connectivity index is 2.86. The van der Waals surface area contributed by atoms with Crippen LogP contribution in [0.5, 0.6) is 0 Å². The first-order chi connectivity index (χ1) is 6.15. The smallest absolute Gasteiger partial charge is 0.0368 e. The van der Waals surface area contributed by atoms with Crippen molar-refractivity contribution in [2.45, 2.75) is 33.7 Å². The topological polar surface area (TPSA) is 3.24 Å². The SMILES string of the molecule is CCN(c1ccc(C)cc1)C(C)C. The second-order valence-electron chi connectivity index (χ2n) is 3.72. The molecule has 13 heavy (non-hydrogen) atoms. The number of hydrogen-bond acceptors (Lipinski definition) is 1. The van der Waals surface area contributed by atoms with Crippen molar-refractivity contribution in [3.05, 3.63) is 29.8 Å². The molecule has 1 aromatic carbocycles. The molecule has 1 nitrogen and oxygen atoms in total. The zero-order chi connectivity index (χ0) is 9.84. The Labute approximate surface area is 81.4 Å². The van der Waals surface area contributed by atoms with Gasteiger partial charge in [-0.05, 0) is 39.8 Å². The Hall–Kier alpha value is -0.980. The summed E-state index contributed by atoms with van der Waals surface area (Å²) in [5, 5.41) is 0. The number of rotatable bonds is 3. The van der Waals surface area contributed by atoms with Crippen LogP contribution in [0.2, 0.25) is 0 Å². The average Bonchev–Trinajstić information content (AvgIpc) is 2.09. The van der Waals surface area contributed by atoms with Gasteiger partial charge in [0.25, 0.3) is 0 Å². The van der Waals surface area contributed by atoms with Gasteiger partial charge in [0.05, 0.1) is 0 Å². The molecule has 0 radical (unpaired) electrons. The molecular formula is C12H19N. The van der Waals surface area contributed by atoms with E-state index in [0.29, 0.717) is 6.04 Å². The highest BCUT2D eigenvalue weighted by Gasteiger charge is 2.06. The summed E-state index contributed by atoms with van der Waals surface area (Å²) < 4.78 is 0. The van der Waals surface area contributed by atoms with Crippen molar-refractivity contribution in [3.63, 3.8) is 0 Å². The van der Waals surface area contributed by atoms with E-state index in [0.717, 1.165) is 6.54 Å². The standard InChI is InChI=1S/C12H19N/c1-5-13(10(2)3)12-8-6-11(4)7-9-12/h6-10H,5H2,1-4H3. The zero-order valence-corrected chi connectivity index (χ0v) is 9.04. The lowest BCUT2D eigenvalue weighted by atomic mass is 10.2. The van der Waals surface area contributed by atoms with Crippen molar-refractivity contribution < 1.29 is 0 Å². The molecule has 0 saturated carbocycles. The molecule has 0 fully saturated rings. The molecule has 0 aliphatic heterocycles. The van der Waals surface area contributed by atoms with Crippen LogP contribution in [0.4, 0.5) is 5.69 Å². The Morgan fingerprint density at radius 3 is 2.08 bits per heavy atom. The summed E-state index contributed by atoms with van der Waals surface area (Å²) >= 11 is 0. The largest absolute Gasteiger partial charge is 0.369 e. The molecule has 1 aromatic rings. The average molecular weight is 177 g/mol. The van der Waals surface area contributed by atoms with Gasteiger partial charge >= 0.3 is 0 Å². The Morgan fingerprint density at radius 2 is 1.69 bits per heavy atom. The maximum atomic E-state index is 2.39. The van der Waals surface area contributed by atoms with Gasteiger partial charge in [0.1, 0.15) is 0 Å². The van der Waals surface area contributed by atoms with Crippen molar-refractivity contribution in [1.29, 1.82) is 0 Å². The van der Waals surface area contributed by atoms with Gasteiger partial charge in [-0.15, -0.1) is 0 Å². The van der Waals surface area contributed by atoms with E-state index in [4.69, 9.17) is 0 Å². The van der Waals surface area contributed by atoms with Crippen LogP contribution in [-0.2, 0) is 0 Å². The molecular weight excluding hydrogens is 158 g/mol. The lowest BCUT2D eigenvalue weighted by Gasteiger charge is -2.27. The van der Waals surface area contributed by atoms with Crippen LogP contribution in [0, 0.1) is 6.92 Å². The first-order valence-corrected chi connectivity index (χ1v) is 4.98. The van der Waals surface area contributed by atoms with Crippen molar-refractivity contribution in [1.82, 2.24) is 0 Å². The van der Waals surface area contributed by atoms with Gasteiger partial charge in [-0.3, -0.25) is 0 Å². The fourth-order valence-corrected chi connectivity index (χ4v) is 1.58. The Morgan fingerprint density at radius 1 is 1.15 bits per heavy atom. The first kappa shape index (κ1) is 10.1. The van der Waals surface area contributed by atoms with Crippen molar-refractivity contribution >= 4 is 5.69 Å². The summed E-state index contributed by atoms with van der Waals surface area (Å²) in [5.74, 6) is 0. The van der Waals surface area contributed by atoms with E-state index in [2.05, 4.69) is 56.9 Å². The van der Waals surface area contributed by atoms with E-state index >= 15 is 0 Å². The van der Waals surface area contributed by atoms with Crippen LogP contribution in [0.15, 0.2) is 24.3 Å². The zero-order valence-electron chi connectivity index (χ0n) is 9.04. The van der Waals surface area contributed by atoms with E-state index in [-0.39, 0.29) is 0 Å². The van der Waals surface area contributed by atoms with Gasteiger partial charge in [-0.1, -0.05) is 17.7 Å². The highest BCUT2D eigenvalue weighted by Crippen LogP contribution is 2.16. The van der Waals surface area contributed by atoms with Gasteiger partial charge in [0.15, 0.2) is 0 Å². The van der Waals surface area contributed by atoms with Crippen LogP contribution >= 0.6 is 0 Å².